The van der Waals surface area contributed by atoms with Crippen molar-refractivity contribution in [1.82, 2.24) is 9.97 Å². The summed E-state index contributed by atoms with van der Waals surface area (Å²) in [4.78, 5) is 7.88. The largest absolute Gasteiger partial charge is 0.497 e. The van der Waals surface area contributed by atoms with Gasteiger partial charge >= 0.3 is 6.18 Å². The van der Waals surface area contributed by atoms with E-state index < -0.39 is 18.4 Å². The third kappa shape index (κ3) is 4.14. The zero-order valence-corrected chi connectivity index (χ0v) is 11.1. The number of rotatable bonds is 4. The summed E-state index contributed by atoms with van der Waals surface area (Å²) in [6.07, 6.45) is -4.20. The van der Waals surface area contributed by atoms with Crippen LogP contribution in [-0.2, 0) is 6.42 Å². The first-order valence-corrected chi connectivity index (χ1v) is 6.11. The van der Waals surface area contributed by atoms with Crippen LogP contribution in [0.4, 0.5) is 17.6 Å². The van der Waals surface area contributed by atoms with Crippen LogP contribution in [0.3, 0.4) is 0 Å². The van der Waals surface area contributed by atoms with Crippen LogP contribution in [0.5, 0.6) is 5.75 Å². The molecule has 1 aromatic heterocycles. The van der Waals surface area contributed by atoms with Gasteiger partial charge in [-0.15, -0.1) is 0 Å². The van der Waals surface area contributed by atoms with Crippen molar-refractivity contribution in [3.05, 3.63) is 42.0 Å². The fourth-order valence-electron chi connectivity index (χ4n) is 1.74. The molecule has 0 bridgehead atoms. The lowest BCUT2D eigenvalue weighted by atomic mass is 10.1. The van der Waals surface area contributed by atoms with E-state index in [9.17, 15) is 17.6 Å². The van der Waals surface area contributed by atoms with Gasteiger partial charge in [-0.1, -0.05) is 0 Å². The number of aryl methyl sites for hydroxylation is 1. The molecule has 0 radical (unpaired) electrons. The number of ether oxygens (including phenoxy) is 1. The number of halogens is 4. The van der Waals surface area contributed by atoms with Gasteiger partial charge in [0.1, 0.15) is 11.6 Å². The smallest absolute Gasteiger partial charge is 0.389 e. The van der Waals surface area contributed by atoms with Gasteiger partial charge in [0.15, 0.2) is 5.82 Å². The quantitative estimate of drug-likeness (QED) is 0.806. The molecule has 0 N–H and O–H groups in total. The third-order valence-corrected chi connectivity index (χ3v) is 2.79. The Labute approximate surface area is 118 Å². The fraction of sp³-hybridized carbons (Fsp3) is 0.286. The first-order chi connectivity index (χ1) is 9.89. The number of hydrogen-bond acceptors (Lipinski definition) is 3. The van der Waals surface area contributed by atoms with E-state index in [0.717, 1.165) is 0 Å². The van der Waals surface area contributed by atoms with Gasteiger partial charge in [-0.2, -0.15) is 13.2 Å². The van der Waals surface area contributed by atoms with E-state index in [-0.39, 0.29) is 23.5 Å². The van der Waals surface area contributed by atoms with Gasteiger partial charge in [0.2, 0.25) is 0 Å². The van der Waals surface area contributed by atoms with E-state index in [4.69, 9.17) is 4.74 Å². The number of nitrogens with zero attached hydrogens (tertiary/aromatic N) is 2. The number of hydrogen-bond donors (Lipinski definition) is 0. The highest BCUT2D eigenvalue weighted by Gasteiger charge is 2.26. The molecule has 112 valence electrons. The maximum absolute atomic E-state index is 13.8. The van der Waals surface area contributed by atoms with Gasteiger partial charge in [0, 0.05) is 18.3 Å². The number of methoxy groups -OCH3 is 1. The molecule has 0 fully saturated rings. The summed E-state index contributed by atoms with van der Waals surface area (Å²) >= 11 is 0. The van der Waals surface area contributed by atoms with Crippen LogP contribution in [0.1, 0.15) is 12.1 Å². The van der Waals surface area contributed by atoms with Crippen LogP contribution in [0.25, 0.3) is 11.4 Å². The van der Waals surface area contributed by atoms with E-state index >= 15 is 0 Å². The Morgan fingerprint density at radius 1 is 1.19 bits per heavy atom. The maximum atomic E-state index is 13.8. The summed E-state index contributed by atoms with van der Waals surface area (Å²) in [5.74, 6) is -0.120. The van der Waals surface area contributed by atoms with Crippen LogP contribution in [0.2, 0.25) is 0 Å². The van der Waals surface area contributed by atoms with Gasteiger partial charge in [0.05, 0.1) is 12.7 Å². The second kappa shape index (κ2) is 6.07. The Morgan fingerprint density at radius 3 is 2.62 bits per heavy atom. The van der Waals surface area contributed by atoms with E-state index in [0.29, 0.717) is 5.75 Å². The monoisotopic (exact) mass is 300 g/mol. The number of benzene rings is 1. The van der Waals surface area contributed by atoms with Crippen LogP contribution in [0.15, 0.2) is 30.5 Å². The maximum Gasteiger partial charge on any atom is 0.389 e. The molecular formula is C14H12F4N2O. The summed E-state index contributed by atoms with van der Waals surface area (Å²) in [6, 6.07) is 5.41. The molecule has 0 spiro atoms. The van der Waals surface area contributed by atoms with Crippen molar-refractivity contribution >= 4 is 0 Å². The van der Waals surface area contributed by atoms with E-state index in [2.05, 4.69) is 9.97 Å². The second-order valence-electron chi connectivity index (χ2n) is 4.33. The molecule has 0 amide bonds. The molecule has 2 aromatic rings. The molecule has 0 atom stereocenters. The van der Waals surface area contributed by atoms with E-state index in [1.165, 1.54) is 37.6 Å². The molecule has 3 nitrogen and oxygen atoms in total. The van der Waals surface area contributed by atoms with Crippen molar-refractivity contribution in [3.63, 3.8) is 0 Å². The molecule has 0 aliphatic rings. The first kappa shape index (κ1) is 15.2. The van der Waals surface area contributed by atoms with Crippen molar-refractivity contribution in [2.24, 2.45) is 0 Å². The minimum absolute atomic E-state index is 0.0334. The van der Waals surface area contributed by atoms with Crippen LogP contribution in [-0.4, -0.2) is 23.3 Å². The summed E-state index contributed by atoms with van der Waals surface area (Å²) in [6.45, 7) is 0. The Kier molecular flexibility index (Phi) is 4.40. The Balaban J connectivity index is 2.29. The van der Waals surface area contributed by atoms with Crippen LogP contribution < -0.4 is 4.74 Å². The molecule has 0 unspecified atom stereocenters. The normalized spacial score (nSPS) is 11.5. The van der Waals surface area contributed by atoms with Crippen LogP contribution >= 0.6 is 0 Å². The second-order valence-corrected chi connectivity index (χ2v) is 4.33. The molecule has 2 rings (SSSR count). The Bertz CT molecular complexity index is 629. The van der Waals surface area contributed by atoms with Gasteiger partial charge in [-0.3, -0.25) is 0 Å². The predicted molar refractivity (Wildman–Crippen MR) is 68.4 cm³/mol. The zero-order valence-electron chi connectivity index (χ0n) is 11.1. The lowest BCUT2D eigenvalue weighted by molar-refractivity contribution is -0.134. The summed E-state index contributed by atoms with van der Waals surface area (Å²) < 4.78 is 55.4. The average Bonchev–Trinajstić information content (AvgIpc) is 2.45. The minimum atomic E-state index is -4.26. The molecular weight excluding hydrogens is 288 g/mol. The Hall–Kier alpha value is -2.18. The third-order valence-electron chi connectivity index (χ3n) is 2.79. The van der Waals surface area contributed by atoms with Crippen molar-refractivity contribution in [2.45, 2.75) is 19.0 Å². The summed E-state index contributed by atoms with van der Waals surface area (Å²) in [7, 11) is 1.43. The van der Waals surface area contributed by atoms with E-state index in [1.54, 1.807) is 0 Å². The van der Waals surface area contributed by atoms with Crippen molar-refractivity contribution in [2.75, 3.05) is 7.11 Å². The van der Waals surface area contributed by atoms with Gasteiger partial charge in [-0.25, -0.2) is 14.4 Å². The van der Waals surface area contributed by atoms with Crippen molar-refractivity contribution in [1.29, 1.82) is 0 Å². The SMILES string of the molecule is COc1ccc(F)c(-c2nccc(CCC(F)(F)F)n2)c1. The van der Waals surface area contributed by atoms with Gasteiger partial charge in [0.25, 0.3) is 0 Å². The highest BCUT2D eigenvalue weighted by atomic mass is 19.4. The van der Waals surface area contributed by atoms with E-state index in [1.807, 2.05) is 0 Å². The lowest BCUT2D eigenvalue weighted by Gasteiger charge is -2.08. The predicted octanol–water partition coefficient (Wildman–Crippen LogP) is 3.79. The van der Waals surface area contributed by atoms with Crippen LogP contribution in [0, 0.1) is 5.82 Å². The molecule has 0 aliphatic heterocycles. The molecule has 0 saturated heterocycles. The standard InChI is InChI=1S/C14H12F4N2O/c1-21-10-2-3-12(15)11(8-10)13-19-7-5-9(20-13)4-6-14(16,17)18/h2-3,5,7-8H,4,6H2,1H3. The topological polar surface area (TPSA) is 35.0 Å². The zero-order chi connectivity index (χ0) is 15.5. The molecule has 21 heavy (non-hydrogen) atoms. The highest BCUT2D eigenvalue weighted by molar-refractivity contribution is 5.58. The summed E-state index contributed by atoms with van der Waals surface area (Å²) in [5.41, 5.74) is 0.294. The number of aromatic nitrogens is 2. The molecule has 0 saturated carbocycles. The molecule has 7 heteroatoms. The first-order valence-electron chi connectivity index (χ1n) is 6.11. The lowest BCUT2D eigenvalue weighted by Crippen LogP contribution is -2.09. The number of alkyl halides is 3. The molecule has 1 heterocycles. The molecule has 0 aliphatic carbocycles. The molecule has 1 aromatic carbocycles. The van der Waals surface area contributed by atoms with Gasteiger partial charge < -0.3 is 4.74 Å². The average molecular weight is 300 g/mol. The van der Waals surface area contributed by atoms with Crippen molar-refractivity contribution < 1.29 is 22.3 Å². The van der Waals surface area contributed by atoms with Gasteiger partial charge in [-0.05, 0) is 30.7 Å². The Morgan fingerprint density at radius 2 is 1.95 bits per heavy atom. The fourth-order valence-corrected chi connectivity index (χ4v) is 1.74. The summed E-state index contributed by atoms with van der Waals surface area (Å²) in [5, 5.41) is 0. The van der Waals surface area contributed by atoms with Crippen molar-refractivity contribution in [3.8, 4) is 17.1 Å². The minimum Gasteiger partial charge on any atom is -0.497 e. The highest BCUT2D eigenvalue weighted by Crippen LogP contribution is 2.25.